The lowest BCUT2D eigenvalue weighted by molar-refractivity contribution is -0.121. The van der Waals surface area contributed by atoms with Crippen molar-refractivity contribution in [1.82, 2.24) is 14.9 Å². The minimum absolute atomic E-state index is 0.110. The molecule has 106 valence electrons. The van der Waals surface area contributed by atoms with E-state index in [2.05, 4.69) is 17.2 Å². The number of hydrogen-bond acceptors (Lipinski definition) is 4. The Labute approximate surface area is 119 Å². The van der Waals surface area contributed by atoms with Crippen LogP contribution in [0, 0.1) is 0 Å². The fraction of sp³-hybridized carbons (Fsp3) is 0.308. The fourth-order valence-corrected chi connectivity index (χ4v) is 2.57. The number of aromatic amines is 1. The molecule has 2 aromatic heterocycles. The largest absolute Gasteiger partial charge is 0.350 e. The highest BCUT2D eigenvalue weighted by atomic mass is 32.1. The Hall–Kier alpha value is -2.15. The Kier molecular flexibility index (Phi) is 4.52. The number of aromatic nitrogens is 2. The van der Waals surface area contributed by atoms with Crippen LogP contribution in [0.2, 0.25) is 0 Å². The van der Waals surface area contributed by atoms with Gasteiger partial charge in [-0.25, -0.2) is 4.79 Å². The van der Waals surface area contributed by atoms with Crippen molar-refractivity contribution in [3.63, 3.8) is 0 Å². The van der Waals surface area contributed by atoms with Crippen LogP contribution in [0.3, 0.4) is 0 Å². The third-order valence-electron chi connectivity index (χ3n) is 2.74. The second-order valence-corrected chi connectivity index (χ2v) is 5.49. The second-order valence-electron chi connectivity index (χ2n) is 4.24. The summed E-state index contributed by atoms with van der Waals surface area (Å²) in [6.45, 7) is 2.42. The van der Waals surface area contributed by atoms with E-state index in [9.17, 15) is 14.4 Å². The molecule has 0 atom stereocenters. The normalized spacial score (nSPS) is 10.4. The smallest absolute Gasteiger partial charge is 0.328 e. The molecule has 0 spiro atoms. The highest BCUT2D eigenvalue weighted by Gasteiger charge is 2.05. The van der Waals surface area contributed by atoms with E-state index in [1.165, 1.54) is 17.1 Å². The molecule has 2 rings (SSSR count). The second kappa shape index (κ2) is 6.33. The van der Waals surface area contributed by atoms with Crippen molar-refractivity contribution in [2.24, 2.45) is 0 Å². The van der Waals surface area contributed by atoms with Crippen LogP contribution < -0.4 is 16.6 Å². The van der Waals surface area contributed by atoms with Gasteiger partial charge in [-0.05, 0) is 18.6 Å². The number of thiophene rings is 1. The molecule has 2 heterocycles. The van der Waals surface area contributed by atoms with Gasteiger partial charge in [-0.15, -0.1) is 11.3 Å². The summed E-state index contributed by atoms with van der Waals surface area (Å²) in [6, 6.07) is 5.23. The van der Waals surface area contributed by atoms with Crippen molar-refractivity contribution in [3.8, 4) is 0 Å². The molecule has 6 nitrogen and oxygen atoms in total. The molecule has 0 aliphatic carbocycles. The van der Waals surface area contributed by atoms with E-state index in [0.717, 1.165) is 15.9 Å². The molecule has 0 unspecified atom stereocenters. The van der Waals surface area contributed by atoms with Gasteiger partial charge in [0, 0.05) is 22.0 Å². The molecule has 1 amide bonds. The number of H-pyrrole nitrogens is 1. The molecule has 0 aromatic carbocycles. The summed E-state index contributed by atoms with van der Waals surface area (Å²) in [4.78, 5) is 38.5. The number of amides is 1. The van der Waals surface area contributed by atoms with E-state index in [4.69, 9.17) is 0 Å². The van der Waals surface area contributed by atoms with Gasteiger partial charge in [0.2, 0.25) is 5.91 Å². The highest BCUT2D eigenvalue weighted by Crippen LogP contribution is 2.16. The van der Waals surface area contributed by atoms with Crippen LogP contribution >= 0.6 is 11.3 Å². The van der Waals surface area contributed by atoms with Crippen LogP contribution in [-0.2, 0) is 24.3 Å². The van der Waals surface area contributed by atoms with Crippen LogP contribution in [0.1, 0.15) is 16.7 Å². The molecule has 0 radical (unpaired) electrons. The highest BCUT2D eigenvalue weighted by molar-refractivity contribution is 7.11. The topological polar surface area (TPSA) is 84.0 Å². The Morgan fingerprint density at radius 3 is 2.70 bits per heavy atom. The maximum Gasteiger partial charge on any atom is 0.328 e. The molecule has 7 heteroatoms. The van der Waals surface area contributed by atoms with Gasteiger partial charge in [0.05, 0.1) is 6.54 Å². The number of rotatable bonds is 5. The van der Waals surface area contributed by atoms with E-state index >= 15 is 0 Å². The van der Waals surface area contributed by atoms with Crippen molar-refractivity contribution in [3.05, 3.63) is 55.0 Å². The third-order valence-corrected chi connectivity index (χ3v) is 3.97. The molecule has 0 saturated carbocycles. The summed E-state index contributed by atoms with van der Waals surface area (Å²) in [6.07, 6.45) is 2.28. The fourth-order valence-electron chi connectivity index (χ4n) is 1.67. The van der Waals surface area contributed by atoms with E-state index in [0.29, 0.717) is 6.54 Å². The van der Waals surface area contributed by atoms with E-state index < -0.39 is 11.2 Å². The first kappa shape index (κ1) is 14.3. The molecular formula is C13H15N3O3S. The lowest BCUT2D eigenvalue weighted by Crippen LogP contribution is -2.35. The lowest BCUT2D eigenvalue weighted by atomic mass is 10.3. The van der Waals surface area contributed by atoms with Gasteiger partial charge in [0.15, 0.2) is 0 Å². The number of nitrogens with one attached hydrogen (secondary N) is 2. The maximum absolute atomic E-state index is 11.7. The summed E-state index contributed by atoms with van der Waals surface area (Å²) < 4.78 is 1.16. The molecule has 20 heavy (non-hydrogen) atoms. The van der Waals surface area contributed by atoms with E-state index in [-0.39, 0.29) is 12.5 Å². The summed E-state index contributed by atoms with van der Waals surface area (Å²) >= 11 is 1.66. The minimum atomic E-state index is -0.586. The van der Waals surface area contributed by atoms with Crippen LogP contribution in [0.15, 0.2) is 34.0 Å². The average molecular weight is 293 g/mol. The van der Waals surface area contributed by atoms with Crippen molar-refractivity contribution < 1.29 is 4.79 Å². The predicted octanol–water partition coefficient (Wildman–Crippen LogP) is 0.477. The van der Waals surface area contributed by atoms with Gasteiger partial charge in [-0.2, -0.15) is 0 Å². The number of nitrogens with zero attached hydrogens (tertiary/aromatic N) is 1. The molecule has 2 N–H and O–H groups in total. The van der Waals surface area contributed by atoms with Gasteiger partial charge in [0.1, 0.15) is 6.54 Å². The van der Waals surface area contributed by atoms with Crippen LogP contribution in [-0.4, -0.2) is 15.5 Å². The molecule has 0 fully saturated rings. The van der Waals surface area contributed by atoms with Crippen LogP contribution in [0.5, 0.6) is 0 Å². The van der Waals surface area contributed by atoms with Gasteiger partial charge in [-0.1, -0.05) is 6.92 Å². The van der Waals surface area contributed by atoms with Crippen LogP contribution in [0.4, 0.5) is 0 Å². The minimum Gasteiger partial charge on any atom is -0.350 e. The molecular weight excluding hydrogens is 278 g/mol. The first-order chi connectivity index (χ1) is 9.58. The van der Waals surface area contributed by atoms with E-state index in [1.807, 2.05) is 12.1 Å². The number of aryl methyl sites for hydroxylation is 1. The van der Waals surface area contributed by atoms with Crippen molar-refractivity contribution in [1.29, 1.82) is 0 Å². The average Bonchev–Trinajstić information content (AvgIpc) is 2.88. The van der Waals surface area contributed by atoms with Gasteiger partial charge in [0.25, 0.3) is 5.56 Å². The van der Waals surface area contributed by atoms with Gasteiger partial charge in [-0.3, -0.25) is 19.1 Å². The zero-order valence-corrected chi connectivity index (χ0v) is 11.8. The monoisotopic (exact) mass is 293 g/mol. The zero-order valence-electron chi connectivity index (χ0n) is 11.0. The summed E-state index contributed by atoms with van der Waals surface area (Å²) in [5.74, 6) is -0.273. The Morgan fingerprint density at radius 2 is 2.05 bits per heavy atom. The Balaban J connectivity index is 1.92. The first-order valence-corrected chi connectivity index (χ1v) is 7.04. The maximum atomic E-state index is 11.7. The molecule has 0 aliphatic rings. The first-order valence-electron chi connectivity index (χ1n) is 6.22. The van der Waals surface area contributed by atoms with Gasteiger partial charge >= 0.3 is 5.69 Å². The van der Waals surface area contributed by atoms with Crippen molar-refractivity contribution in [2.75, 3.05) is 0 Å². The Bertz CT molecular complexity index is 714. The van der Waals surface area contributed by atoms with Crippen molar-refractivity contribution >= 4 is 17.2 Å². The molecule has 0 aliphatic heterocycles. The summed E-state index contributed by atoms with van der Waals surface area (Å²) in [7, 11) is 0. The SMILES string of the molecule is CCc1ccc(CNC(=O)Cn2ccc(=O)[nH]c2=O)s1. The number of carbonyl (C=O) groups excluding carboxylic acids is 1. The molecule has 0 bridgehead atoms. The number of hydrogen-bond donors (Lipinski definition) is 2. The third kappa shape index (κ3) is 3.67. The quantitative estimate of drug-likeness (QED) is 0.841. The lowest BCUT2D eigenvalue weighted by Gasteiger charge is -2.05. The molecule has 2 aromatic rings. The van der Waals surface area contributed by atoms with Gasteiger partial charge < -0.3 is 5.32 Å². The Morgan fingerprint density at radius 1 is 1.30 bits per heavy atom. The standard InChI is InChI=1S/C13H15N3O3S/c1-2-9-3-4-10(20-9)7-14-12(18)8-16-6-5-11(17)15-13(16)19/h3-6H,2,7-8H2,1H3,(H,14,18)(H,15,17,19). The van der Waals surface area contributed by atoms with E-state index in [1.54, 1.807) is 11.3 Å². The number of carbonyl (C=O) groups is 1. The molecule has 0 saturated heterocycles. The zero-order chi connectivity index (χ0) is 14.5. The van der Waals surface area contributed by atoms with Crippen molar-refractivity contribution in [2.45, 2.75) is 26.4 Å². The summed E-state index contributed by atoms with van der Waals surface area (Å²) in [5, 5.41) is 2.75. The predicted molar refractivity (Wildman–Crippen MR) is 76.9 cm³/mol. The van der Waals surface area contributed by atoms with Crippen LogP contribution in [0.25, 0.3) is 0 Å². The summed E-state index contributed by atoms with van der Waals surface area (Å²) in [5.41, 5.74) is -1.06.